The van der Waals surface area contributed by atoms with Crippen LogP contribution in [0.1, 0.15) is 42.3 Å². The molecule has 0 radical (unpaired) electrons. The number of hydrogen-bond donors (Lipinski definition) is 3. The Morgan fingerprint density at radius 3 is 2.23 bits per heavy atom. The third-order valence-corrected chi connectivity index (χ3v) is 4.09. The van der Waals surface area contributed by atoms with Crippen molar-refractivity contribution < 1.29 is 24.5 Å². The van der Waals surface area contributed by atoms with Crippen LogP contribution >= 0.6 is 0 Å². The SMILES string of the molecule is CC(=O)c1ccc(NC(=O)O[C@H](c2ccc(O)cc2)[C@@H](C)CCO)cc1. The average molecular weight is 357 g/mol. The molecule has 0 aliphatic carbocycles. The molecule has 0 bridgehead atoms. The van der Waals surface area contributed by atoms with Crippen molar-refractivity contribution in [2.75, 3.05) is 11.9 Å². The van der Waals surface area contributed by atoms with Crippen molar-refractivity contribution in [2.45, 2.75) is 26.4 Å². The maximum atomic E-state index is 12.3. The van der Waals surface area contributed by atoms with E-state index in [1.165, 1.54) is 19.1 Å². The van der Waals surface area contributed by atoms with Gasteiger partial charge in [-0.05, 0) is 61.2 Å². The third-order valence-electron chi connectivity index (χ3n) is 4.09. The molecule has 138 valence electrons. The van der Waals surface area contributed by atoms with Gasteiger partial charge in [-0.2, -0.15) is 0 Å². The summed E-state index contributed by atoms with van der Waals surface area (Å²) in [5.41, 5.74) is 1.80. The monoisotopic (exact) mass is 357 g/mol. The first-order valence-corrected chi connectivity index (χ1v) is 8.39. The normalized spacial score (nSPS) is 12.9. The fourth-order valence-corrected chi connectivity index (χ4v) is 2.58. The molecule has 0 aliphatic heterocycles. The number of carbonyl (C=O) groups excluding carboxylic acids is 2. The van der Waals surface area contributed by atoms with Gasteiger partial charge in [0, 0.05) is 17.9 Å². The summed E-state index contributed by atoms with van der Waals surface area (Å²) in [5.74, 6) is -0.0444. The van der Waals surface area contributed by atoms with E-state index in [4.69, 9.17) is 4.74 Å². The van der Waals surface area contributed by atoms with Crippen LogP contribution < -0.4 is 5.32 Å². The van der Waals surface area contributed by atoms with Crippen LogP contribution in [0.4, 0.5) is 10.5 Å². The van der Waals surface area contributed by atoms with Crippen molar-refractivity contribution in [1.29, 1.82) is 0 Å². The molecular weight excluding hydrogens is 334 g/mol. The van der Waals surface area contributed by atoms with Crippen LogP contribution in [0.5, 0.6) is 5.75 Å². The lowest BCUT2D eigenvalue weighted by molar-refractivity contribution is 0.0667. The van der Waals surface area contributed by atoms with Gasteiger partial charge >= 0.3 is 6.09 Å². The van der Waals surface area contributed by atoms with Crippen LogP contribution in [-0.4, -0.2) is 28.7 Å². The summed E-state index contributed by atoms with van der Waals surface area (Å²) < 4.78 is 5.56. The number of ketones is 1. The number of ether oxygens (including phenoxy) is 1. The summed E-state index contributed by atoms with van der Waals surface area (Å²) in [7, 11) is 0. The quantitative estimate of drug-likeness (QED) is 0.653. The lowest BCUT2D eigenvalue weighted by atomic mass is 9.94. The maximum Gasteiger partial charge on any atom is 0.412 e. The van der Waals surface area contributed by atoms with Crippen LogP contribution in [0.25, 0.3) is 0 Å². The smallest absolute Gasteiger partial charge is 0.412 e. The number of phenolic OH excluding ortho intramolecular Hbond substituents is 1. The third kappa shape index (κ3) is 5.32. The molecule has 2 aromatic rings. The summed E-state index contributed by atoms with van der Waals surface area (Å²) in [6.45, 7) is 3.33. The van der Waals surface area contributed by atoms with Crippen LogP contribution in [-0.2, 0) is 4.74 Å². The minimum Gasteiger partial charge on any atom is -0.508 e. The maximum absolute atomic E-state index is 12.3. The molecule has 6 heteroatoms. The molecule has 0 heterocycles. The highest BCUT2D eigenvalue weighted by Crippen LogP contribution is 2.30. The second-order valence-electron chi connectivity index (χ2n) is 6.17. The van der Waals surface area contributed by atoms with Crippen molar-refractivity contribution in [3.05, 3.63) is 59.7 Å². The van der Waals surface area contributed by atoms with Crippen LogP contribution in [0.15, 0.2) is 48.5 Å². The standard InChI is InChI=1S/C20H23NO5/c1-13(11-12-22)19(16-5-9-18(24)10-6-16)26-20(25)21-17-7-3-15(4-8-17)14(2)23/h3-10,13,19,22,24H,11-12H2,1-2H3,(H,21,25)/t13-,19-/m0/s1. The zero-order valence-electron chi connectivity index (χ0n) is 14.8. The van der Waals surface area contributed by atoms with Crippen molar-refractivity contribution in [1.82, 2.24) is 0 Å². The molecule has 0 aromatic heterocycles. The molecule has 0 saturated carbocycles. The highest BCUT2D eigenvalue weighted by Gasteiger charge is 2.23. The summed E-state index contributed by atoms with van der Waals surface area (Å²) in [6.07, 6.45) is -0.741. The Balaban J connectivity index is 2.09. The summed E-state index contributed by atoms with van der Waals surface area (Å²) in [5, 5.41) is 21.3. The number of amides is 1. The number of hydrogen-bond acceptors (Lipinski definition) is 5. The predicted octanol–water partition coefficient (Wildman–Crippen LogP) is 3.90. The molecule has 6 nitrogen and oxygen atoms in total. The van der Waals surface area contributed by atoms with Gasteiger partial charge in [-0.3, -0.25) is 10.1 Å². The number of anilines is 1. The molecule has 0 spiro atoms. The number of carbonyl (C=O) groups is 2. The number of phenols is 1. The van der Waals surface area contributed by atoms with Crippen molar-refractivity contribution in [3.63, 3.8) is 0 Å². The zero-order chi connectivity index (χ0) is 19.1. The fourth-order valence-electron chi connectivity index (χ4n) is 2.58. The highest BCUT2D eigenvalue weighted by atomic mass is 16.6. The van der Waals surface area contributed by atoms with Crippen LogP contribution in [0.3, 0.4) is 0 Å². The first-order chi connectivity index (χ1) is 12.4. The summed E-state index contributed by atoms with van der Waals surface area (Å²) in [4.78, 5) is 23.6. The van der Waals surface area contributed by atoms with Crippen molar-refractivity contribution in [2.24, 2.45) is 5.92 Å². The van der Waals surface area contributed by atoms with Gasteiger partial charge in [0.1, 0.15) is 11.9 Å². The zero-order valence-corrected chi connectivity index (χ0v) is 14.8. The average Bonchev–Trinajstić information content (AvgIpc) is 2.61. The van der Waals surface area contributed by atoms with Gasteiger partial charge in [0.05, 0.1) is 0 Å². The van der Waals surface area contributed by atoms with Gasteiger partial charge in [-0.1, -0.05) is 19.1 Å². The lowest BCUT2D eigenvalue weighted by Gasteiger charge is -2.24. The van der Waals surface area contributed by atoms with E-state index in [0.717, 1.165) is 5.56 Å². The Morgan fingerprint density at radius 1 is 1.08 bits per heavy atom. The molecule has 0 saturated heterocycles. The summed E-state index contributed by atoms with van der Waals surface area (Å²) >= 11 is 0. The Labute approximate surface area is 152 Å². The molecule has 0 fully saturated rings. The van der Waals surface area contributed by atoms with Gasteiger partial charge in [0.15, 0.2) is 5.78 Å². The van der Waals surface area contributed by atoms with Gasteiger partial charge < -0.3 is 14.9 Å². The number of aromatic hydroxyl groups is 1. The second kappa shape index (κ2) is 9.01. The topological polar surface area (TPSA) is 95.9 Å². The van der Waals surface area contributed by atoms with E-state index in [1.807, 2.05) is 6.92 Å². The number of rotatable bonds is 7. The van der Waals surface area contributed by atoms with Crippen LogP contribution in [0, 0.1) is 5.92 Å². The number of nitrogens with one attached hydrogen (secondary N) is 1. The number of Topliss-reactive ketones (excluding diaryl/α,β-unsaturated/α-hetero) is 1. The Kier molecular flexibility index (Phi) is 6.74. The molecule has 0 aliphatic rings. The highest BCUT2D eigenvalue weighted by molar-refractivity contribution is 5.94. The molecule has 0 unspecified atom stereocenters. The van der Waals surface area contributed by atoms with E-state index in [0.29, 0.717) is 17.7 Å². The molecule has 26 heavy (non-hydrogen) atoms. The molecule has 2 atom stereocenters. The fraction of sp³-hybridized carbons (Fsp3) is 0.300. The minimum absolute atomic E-state index is 0.0206. The number of benzene rings is 2. The molecule has 2 aromatic carbocycles. The molecule has 2 rings (SSSR count). The van der Waals surface area contributed by atoms with E-state index < -0.39 is 12.2 Å². The van der Waals surface area contributed by atoms with Gasteiger partial charge in [0.2, 0.25) is 0 Å². The van der Waals surface area contributed by atoms with Gasteiger partial charge in [0.25, 0.3) is 0 Å². The van der Waals surface area contributed by atoms with E-state index in [2.05, 4.69) is 5.32 Å². The van der Waals surface area contributed by atoms with Crippen molar-refractivity contribution >= 4 is 17.6 Å². The Hall–Kier alpha value is -2.86. The van der Waals surface area contributed by atoms with E-state index in [-0.39, 0.29) is 24.1 Å². The van der Waals surface area contributed by atoms with Gasteiger partial charge in [-0.25, -0.2) is 4.79 Å². The number of aliphatic hydroxyl groups is 1. The lowest BCUT2D eigenvalue weighted by Crippen LogP contribution is -2.22. The summed E-state index contributed by atoms with van der Waals surface area (Å²) in [6, 6.07) is 12.9. The Bertz CT molecular complexity index is 740. The van der Waals surface area contributed by atoms with E-state index in [1.54, 1.807) is 36.4 Å². The first-order valence-electron chi connectivity index (χ1n) is 8.39. The van der Waals surface area contributed by atoms with E-state index >= 15 is 0 Å². The largest absolute Gasteiger partial charge is 0.508 e. The number of aliphatic hydroxyl groups excluding tert-OH is 1. The van der Waals surface area contributed by atoms with Crippen molar-refractivity contribution in [3.8, 4) is 5.75 Å². The van der Waals surface area contributed by atoms with E-state index in [9.17, 15) is 19.8 Å². The molecule has 1 amide bonds. The Morgan fingerprint density at radius 2 is 1.69 bits per heavy atom. The van der Waals surface area contributed by atoms with Gasteiger partial charge in [-0.15, -0.1) is 0 Å². The second-order valence-corrected chi connectivity index (χ2v) is 6.17. The first kappa shape index (κ1) is 19.5. The van der Waals surface area contributed by atoms with Crippen LogP contribution in [0.2, 0.25) is 0 Å². The molecule has 3 N–H and O–H groups in total. The molecular formula is C20H23NO5. The predicted molar refractivity (Wildman–Crippen MR) is 98.3 cm³/mol. The minimum atomic E-state index is -0.636.